The molecule has 0 radical (unpaired) electrons. The van der Waals surface area contributed by atoms with E-state index in [0.29, 0.717) is 6.61 Å². The third kappa shape index (κ3) is 10.5. The summed E-state index contributed by atoms with van der Waals surface area (Å²) < 4.78 is 31.9. The molecule has 254 valence electrons. The van der Waals surface area contributed by atoms with E-state index in [0.717, 1.165) is 22.3 Å². The van der Waals surface area contributed by atoms with Gasteiger partial charge in [0.2, 0.25) is 0 Å². The number of ether oxygens (including phenoxy) is 5. The Morgan fingerprint density at radius 1 is 0.604 bits per heavy atom. The molecule has 4 aromatic carbocycles. The van der Waals surface area contributed by atoms with Crippen LogP contribution in [-0.2, 0) is 50.1 Å². The quantitative estimate of drug-likeness (QED) is 0.154. The predicted molar refractivity (Wildman–Crippen MR) is 184 cm³/mol. The highest BCUT2D eigenvalue weighted by molar-refractivity contribution is 5.68. The van der Waals surface area contributed by atoms with Gasteiger partial charge in [-0.3, -0.25) is 0 Å². The number of rotatable bonds is 14. The minimum Gasteiger partial charge on any atom is -0.444 e. The molecule has 8 heteroatoms. The Morgan fingerprint density at radius 3 is 1.44 bits per heavy atom. The van der Waals surface area contributed by atoms with Gasteiger partial charge in [0.25, 0.3) is 0 Å². The molecule has 6 atom stereocenters. The number of carbonyl (C=O) groups excluding carboxylic acids is 1. The summed E-state index contributed by atoms with van der Waals surface area (Å²) in [5, 5.41) is 15.1. The van der Waals surface area contributed by atoms with Gasteiger partial charge >= 0.3 is 6.09 Å². The van der Waals surface area contributed by atoms with Crippen molar-refractivity contribution in [3.63, 3.8) is 0 Å². The summed E-state index contributed by atoms with van der Waals surface area (Å²) >= 11 is 0. The summed E-state index contributed by atoms with van der Waals surface area (Å²) in [5.74, 6) is -0.588. The Balaban J connectivity index is 1.49. The zero-order chi connectivity index (χ0) is 33.8. The lowest BCUT2D eigenvalue weighted by molar-refractivity contribution is -0.229. The third-order valence-electron chi connectivity index (χ3n) is 8.19. The molecule has 48 heavy (non-hydrogen) atoms. The number of amides is 1. The fraction of sp³-hybridized carbons (Fsp3) is 0.375. The number of carbonyl (C=O) groups is 1. The van der Waals surface area contributed by atoms with E-state index in [2.05, 4.69) is 5.32 Å². The molecule has 8 nitrogen and oxygen atoms in total. The Labute approximate surface area is 284 Å². The Bertz CT molecular complexity index is 1500. The smallest absolute Gasteiger partial charge is 0.408 e. The first-order chi connectivity index (χ1) is 23.3. The number of hydrogen-bond donors (Lipinski definition) is 2. The molecule has 0 aliphatic heterocycles. The van der Waals surface area contributed by atoms with E-state index in [1.807, 2.05) is 121 Å². The molecular formula is C40H47NO7. The number of hydrogen-bond acceptors (Lipinski definition) is 7. The van der Waals surface area contributed by atoms with Crippen LogP contribution in [-0.4, -0.2) is 53.9 Å². The predicted octanol–water partition coefficient (Wildman–Crippen LogP) is 6.84. The first-order valence-corrected chi connectivity index (χ1v) is 16.5. The van der Waals surface area contributed by atoms with E-state index in [-0.39, 0.29) is 26.4 Å². The molecule has 0 bridgehead atoms. The van der Waals surface area contributed by atoms with Crippen LogP contribution in [0.15, 0.2) is 121 Å². The molecule has 0 aromatic heterocycles. The highest BCUT2D eigenvalue weighted by atomic mass is 16.6. The molecule has 0 heterocycles. The molecule has 1 aliphatic carbocycles. The molecule has 1 fully saturated rings. The van der Waals surface area contributed by atoms with Crippen molar-refractivity contribution in [1.29, 1.82) is 0 Å². The van der Waals surface area contributed by atoms with Crippen molar-refractivity contribution in [3.05, 3.63) is 144 Å². The maximum Gasteiger partial charge on any atom is 0.408 e. The van der Waals surface area contributed by atoms with Crippen LogP contribution < -0.4 is 5.32 Å². The minimum atomic E-state index is -1.12. The van der Waals surface area contributed by atoms with Crippen LogP contribution in [0.3, 0.4) is 0 Å². The summed E-state index contributed by atoms with van der Waals surface area (Å²) in [6.07, 6.45) is -3.94. The average Bonchev–Trinajstić information content (AvgIpc) is 3.09. The van der Waals surface area contributed by atoms with Crippen molar-refractivity contribution in [1.82, 2.24) is 5.32 Å². The molecule has 0 unspecified atom stereocenters. The summed E-state index contributed by atoms with van der Waals surface area (Å²) in [6.45, 7) is 6.69. The molecule has 0 saturated heterocycles. The third-order valence-corrected chi connectivity index (χ3v) is 8.19. The molecular weight excluding hydrogens is 606 g/mol. The van der Waals surface area contributed by atoms with Crippen LogP contribution in [0.25, 0.3) is 0 Å². The second-order valence-corrected chi connectivity index (χ2v) is 13.1. The fourth-order valence-corrected chi connectivity index (χ4v) is 5.89. The van der Waals surface area contributed by atoms with Gasteiger partial charge in [-0.05, 0) is 43.0 Å². The van der Waals surface area contributed by atoms with E-state index in [1.165, 1.54) is 0 Å². The lowest BCUT2D eigenvalue weighted by Crippen LogP contribution is -2.68. The van der Waals surface area contributed by atoms with E-state index < -0.39 is 48.1 Å². The Kier molecular flexibility index (Phi) is 12.8. The van der Waals surface area contributed by atoms with Crippen molar-refractivity contribution in [2.75, 3.05) is 6.61 Å². The molecule has 1 saturated carbocycles. The number of nitrogens with one attached hydrogen (secondary N) is 1. The molecule has 1 amide bonds. The standard InChI is InChI=1S/C40H47NO7/c1-40(2,3)48-39(43)41-34-35(42)33(28-44-24-29-16-8-4-9-17-29)36(45-25-30-18-10-5-11-19-30)38(47-27-32-22-14-7-15-23-32)37(34)46-26-31-20-12-6-13-21-31/h4-23,33-38,42H,24-28H2,1-3H3,(H,41,43)/t33-,34-,35-,36-,37-,38-/m0/s1. The number of alkyl carbamates (subject to hydrolysis) is 1. The molecule has 4 aromatic rings. The van der Waals surface area contributed by atoms with E-state index in [9.17, 15) is 9.90 Å². The van der Waals surface area contributed by atoms with Gasteiger partial charge in [0.1, 0.15) is 17.8 Å². The summed E-state index contributed by atoms with van der Waals surface area (Å²) in [7, 11) is 0. The fourth-order valence-electron chi connectivity index (χ4n) is 5.89. The van der Waals surface area contributed by atoms with Crippen molar-refractivity contribution in [2.24, 2.45) is 5.92 Å². The second kappa shape index (κ2) is 17.4. The van der Waals surface area contributed by atoms with Crippen LogP contribution in [0.1, 0.15) is 43.0 Å². The van der Waals surface area contributed by atoms with E-state index >= 15 is 0 Å². The normalized spacial score (nSPS) is 22.6. The first-order valence-electron chi connectivity index (χ1n) is 16.5. The van der Waals surface area contributed by atoms with Gasteiger partial charge < -0.3 is 34.1 Å². The zero-order valence-corrected chi connectivity index (χ0v) is 27.9. The van der Waals surface area contributed by atoms with Crippen LogP contribution >= 0.6 is 0 Å². The average molecular weight is 654 g/mol. The second-order valence-electron chi connectivity index (χ2n) is 13.1. The molecule has 1 aliphatic rings. The summed E-state index contributed by atoms with van der Waals surface area (Å²) in [4.78, 5) is 13.3. The highest BCUT2D eigenvalue weighted by Gasteiger charge is 2.53. The maximum atomic E-state index is 13.3. The monoisotopic (exact) mass is 653 g/mol. The Hall–Kier alpha value is -4.05. The van der Waals surface area contributed by atoms with Gasteiger partial charge in [-0.2, -0.15) is 0 Å². The SMILES string of the molecule is CC(C)(C)OC(=O)N[C@H]1[C@@H](O)[C@H](COCc2ccccc2)[C@H](OCc2ccccc2)[C@H](OCc2ccccc2)[C@H]1OCc1ccccc1. The maximum absolute atomic E-state index is 13.3. The Morgan fingerprint density at radius 2 is 1.00 bits per heavy atom. The summed E-state index contributed by atoms with van der Waals surface area (Å²) in [5.41, 5.74) is 3.16. The van der Waals surface area contributed by atoms with Crippen LogP contribution in [0.5, 0.6) is 0 Å². The van der Waals surface area contributed by atoms with Crippen LogP contribution in [0, 0.1) is 5.92 Å². The van der Waals surface area contributed by atoms with Crippen molar-refractivity contribution in [2.45, 2.75) is 83.3 Å². The first kappa shape index (κ1) is 35.3. The topological polar surface area (TPSA) is 95.5 Å². The number of aliphatic hydroxyl groups excluding tert-OH is 1. The minimum absolute atomic E-state index is 0.151. The molecule has 5 rings (SSSR count). The van der Waals surface area contributed by atoms with Gasteiger partial charge in [0.15, 0.2) is 0 Å². The van der Waals surface area contributed by atoms with E-state index in [1.54, 1.807) is 20.8 Å². The molecule has 2 N–H and O–H groups in total. The largest absolute Gasteiger partial charge is 0.444 e. The number of benzene rings is 4. The number of aliphatic hydroxyl groups is 1. The van der Waals surface area contributed by atoms with Gasteiger partial charge in [-0.1, -0.05) is 121 Å². The van der Waals surface area contributed by atoms with Gasteiger partial charge in [-0.15, -0.1) is 0 Å². The molecule has 0 spiro atoms. The zero-order valence-electron chi connectivity index (χ0n) is 27.9. The van der Waals surface area contributed by atoms with Crippen molar-refractivity contribution < 1.29 is 33.6 Å². The van der Waals surface area contributed by atoms with Gasteiger partial charge in [0, 0.05) is 5.92 Å². The van der Waals surface area contributed by atoms with Crippen LogP contribution in [0.2, 0.25) is 0 Å². The summed E-state index contributed by atoms with van der Waals surface area (Å²) in [6, 6.07) is 38.5. The van der Waals surface area contributed by atoms with Crippen LogP contribution in [0.4, 0.5) is 4.79 Å². The van der Waals surface area contributed by atoms with Crippen molar-refractivity contribution in [3.8, 4) is 0 Å². The lowest BCUT2D eigenvalue weighted by atomic mass is 9.76. The lowest BCUT2D eigenvalue weighted by Gasteiger charge is -2.49. The van der Waals surface area contributed by atoms with Gasteiger partial charge in [-0.25, -0.2) is 4.79 Å². The van der Waals surface area contributed by atoms with E-state index in [4.69, 9.17) is 23.7 Å². The van der Waals surface area contributed by atoms with Crippen molar-refractivity contribution >= 4 is 6.09 Å². The van der Waals surface area contributed by atoms with Gasteiger partial charge in [0.05, 0.1) is 51.3 Å². The highest BCUT2D eigenvalue weighted by Crippen LogP contribution is 2.35.